The quantitative estimate of drug-likeness (QED) is 0.219. The molecule has 6 nitrogen and oxygen atoms in total. The summed E-state index contributed by atoms with van der Waals surface area (Å²) in [6.07, 6.45) is 1.54. The van der Waals surface area contributed by atoms with Crippen molar-refractivity contribution >= 4 is 34.5 Å². The highest BCUT2D eigenvalue weighted by Gasteiger charge is 2.08. The van der Waals surface area contributed by atoms with E-state index in [9.17, 15) is 4.79 Å². The van der Waals surface area contributed by atoms with E-state index in [1.807, 2.05) is 43.3 Å². The van der Waals surface area contributed by atoms with Crippen LogP contribution in [0.25, 0.3) is 10.8 Å². The molecule has 0 fully saturated rings. The standard InChI is InChI=1S/C28H25ClN2O4/c1-2-33-27-16-20(17-30-31-28(32)19-34-24-13-11-23(29)12-14-24)10-15-26(27)35-18-22-8-5-7-21-6-3-4-9-25(21)22/h3-17H,2,18-19H2,1H3,(H,31,32)/b30-17-. The molecule has 0 spiro atoms. The molecule has 0 aliphatic rings. The van der Waals surface area contributed by atoms with E-state index in [2.05, 4.69) is 34.8 Å². The van der Waals surface area contributed by atoms with Crippen molar-refractivity contribution in [2.45, 2.75) is 13.5 Å². The zero-order chi connectivity index (χ0) is 24.5. The fraction of sp³-hybridized carbons (Fsp3) is 0.143. The molecule has 0 aromatic heterocycles. The van der Waals surface area contributed by atoms with Crippen molar-refractivity contribution in [3.63, 3.8) is 0 Å². The third-order valence-electron chi connectivity index (χ3n) is 5.12. The van der Waals surface area contributed by atoms with Crippen LogP contribution >= 0.6 is 11.6 Å². The monoisotopic (exact) mass is 488 g/mol. The zero-order valence-electron chi connectivity index (χ0n) is 19.2. The second-order valence-electron chi connectivity index (χ2n) is 7.60. The Balaban J connectivity index is 1.36. The molecular weight excluding hydrogens is 464 g/mol. The number of benzene rings is 4. The molecule has 0 saturated heterocycles. The van der Waals surface area contributed by atoms with Gasteiger partial charge in [0.15, 0.2) is 18.1 Å². The van der Waals surface area contributed by atoms with Crippen molar-refractivity contribution in [2.24, 2.45) is 5.10 Å². The first-order chi connectivity index (χ1) is 17.1. The van der Waals surface area contributed by atoms with Crippen molar-refractivity contribution in [1.29, 1.82) is 0 Å². The van der Waals surface area contributed by atoms with Crippen LogP contribution in [0.5, 0.6) is 17.2 Å². The lowest BCUT2D eigenvalue weighted by Crippen LogP contribution is -2.24. The second-order valence-corrected chi connectivity index (χ2v) is 8.04. The highest BCUT2D eigenvalue weighted by molar-refractivity contribution is 6.30. The first kappa shape index (κ1) is 24.1. The summed E-state index contributed by atoms with van der Waals surface area (Å²) in [6.45, 7) is 2.66. The van der Waals surface area contributed by atoms with Gasteiger partial charge in [-0.3, -0.25) is 4.79 Å². The van der Waals surface area contributed by atoms with E-state index in [0.717, 1.165) is 16.5 Å². The molecule has 35 heavy (non-hydrogen) atoms. The normalized spacial score (nSPS) is 10.9. The van der Waals surface area contributed by atoms with Crippen molar-refractivity contribution in [1.82, 2.24) is 5.43 Å². The minimum Gasteiger partial charge on any atom is -0.490 e. The molecule has 0 bridgehead atoms. The Kier molecular flexibility index (Phi) is 8.20. The summed E-state index contributed by atoms with van der Waals surface area (Å²) in [5, 5.41) is 6.94. The van der Waals surface area contributed by atoms with Crippen LogP contribution in [0.1, 0.15) is 18.1 Å². The Labute approximate surface area is 209 Å². The predicted molar refractivity (Wildman–Crippen MR) is 139 cm³/mol. The van der Waals surface area contributed by atoms with Gasteiger partial charge >= 0.3 is 0 Å². The van der Waals surface area contributed by atoms with Crippen molar-refractivity contribution in [3.8, 4) is 17.2 Å². The molecule has 0 radical (unpaired) electrons. The number of hydrogen-bond acceptors (Lipinski definition) is 5. The Morgan fingerprint density at radius 1 is 0.914 bits per heavy atom. The summed E-state index contributed by atoms with van der Waals surface area (Å²) in [4.78, 5) is 12.0. The number of halogens is 1. The first-order valence-electron chi connectivity index (χ1n) is 11.2. The number of hydrazone groups is 1. The average Bonchev–Trinajstić information content (AvgIpc) is 2.88. The SMILES string of the molecule is CCOc1cc(/C=N\NC(=O)COc2ccc(Cl)cc2)ccc1OCc1cccc2ccccc12. The third kappa shape index (κ3) is 6.74. The average molecular weight is 489 g/mol. The lowest BCUT2D eigenvalue weighted by molar-refractivity contribution is -0.123. The largest absolute Gasteiger partial charge is 0.490 e. The van der Waals surface area contributed by atoms with Crippen LogP contribution in [0.3, 0.4) is 0 Å². The minimum absolute atomic E-state index is 0.163. The topological polar surface area (TPSA) is 69.2 Å². The maximum absolute atomic E-state index is 12.0. The maximum Gasteiger partial charge on any atom is 0.277 e. The van der Waals surface area contributed by atoms with Crippen LogP contribution in [0.4, 0.5) is 0 Å². The molecule has 0 atom stereocenters. The van der Waals surface area contributed by atoms with Gasteiger partial charge in [-0.2, -0.15) is 5.10 Å². The van der Waals surface area contributed by atoms with Gasteiger partial charge in [-0.05, 0) is 71.3 Å². The number of fused-ring (bicyclic) bond motifs is 1. The summed E-state index contributed by atoms with van der Waals surface area (Å²) in [6, 6.07) is 26.7. The van der Waals surface area contributed by atoms with Gasteiger partial charge in [0.2, 0.25) is 0 Å². The van der Waals surface area contributed by atoms with Crippen LogP contribution in [0, 0.1) is 0 Å². The fourth-order valence-corrected chi connectivity index (χ4v) is 3.58. The summed E-state index contributed by atoms with van der Waals surface area (Å²) in [5.74, 6) is 1.41. The van der Waals surface area contributed by atoms with Crippen molar-refractivity contribution in [2.75, 3.05) is 13.2 Å². The molecule has 7 heteroatoms. The molecule has 0 aliphatic carbocycles. The van der Waals surface area contributed by atoms with Gasteiger partial charge in [0, 0.05) is 5.02 Å². The van der Waals surface area contributed by atoms with E-state index in [1.54, 1.807) is 24.3 Å². The molecule has 0 aliphatic heterocycles. The van der Waals surface area contributed by atoms with Crippen LogP contribution in [-0.4, -0.2) is 25.3 Å². The van der Waals surface area contributed by atoms with E-state index in [1.165, 1.54) is 11.6 Å². The zero-order valence-corrected chi connectivity index (χ0v) is 20.0. The molecule has 0 heterocycles. The number of ether oxygens (including phenoxy) is 3. The maximum atomic E-state index is 12.0. The predicted octanol–water partition coefficient (Wildman–Crippen LogP) is 6.00. The minimum atomic E-state index is -0.378. The summed E-state index contributed by atoms with van der Waals surface area (Å²) < 4.78 is 17.3. The second kappa shape index (κ2) is 11.9. The number of carbonyl (C=O) groups excluding carboxylic acids is 1. The molecule has 4 aromatic rings. The molecule has 0 saturated carbocycles. The van der Waals surface area contributed by atoms with E-state index in [4.69, 9.17) is 25.8 Å². The number of hydrogen-bond donors (Lipinski definition) is 1. The summed E-state index contributed by atoms with van der Waals surface area (Å²) >= 11 is 5.84. The Bertz CT molecular complexity index is 1320. The lowest BCUT2D eigenvalue weighted by Gasteiger charge is -2.13. The van der Waals surface area contributed by atoms with Gasteiger partial charge in [-0.25, -0.2) is 5.43 Å². The van der Waals surface area contributed by atoms with Gasteiger partial charge in [-0.15, -0.1) is 0 Å². The Hall–Kier alpha value is -4.03. The third-order valence-corrected chi connectivity index (χ3v) is 5.37. The summed E-state index contributed by atoms with van der Waals surface area (Å²) in [5.41, 5.74) is 4.30. The van der Waals surface area contributed by atoms with Crippen molar-refractivity contribution in [3.05, 3.63) is 101 Å². The Morgan fingerprint density at radius 3 is 2.54 bits per heavy atom. The molecule has 4 aromatic carbocycles. The lowest BCUT2D eigenvalue weighted by atomic mass is 10.1. The number of carbonyl (C=O) groups is 1. The van der Waals surface area contributed by atoms with Gasteiger partial charge in [-0.1, -0.05) is 54.1 Å². The van der Waals surface area contributed by atoms with Crippen LogP contribution in [0.15, 0.2) is 90.0 Å². The number of nitrogens with one attached hydrogen (secondary N) is 1. The van der Waals surface area contributed by atoms with Gasteiger partial charge < -0.3 is 14.2 Å². The summed E-state index contributed by atoms with van der Waals surface area (Å²) in [7, 11) is 0. The van der Waals surface area contributed by atoms with Gasteiger partial charge in [0.25, 0.3) is 5.91 Å². The smallest absolute Gasteiger partial charge is 0.277 e. The van der Waals surface area contributed by atoms with E-state index < -0.39 is 0 Å². The van der Waals surface area contributed by atoms with Crippen LogP contribution < -0.4 is 19.6 Å². The fourth-order valence-electron chi connectivity index (χ4n) is 3.46. The number of amides is 1. The first-order valence-corrected chi connectivity index (χ1v) is 11.6. The van der Waals surface area contributed by atoms with Gasteiger partial charge in [0.1, 0.15) is 12.4 Å². The highest BCUT2D eigenvalue weighted by Crippen LogP contribution is 2.30. The molecule has 0 unspecified atom stereocenters. The van der Waals surface area contributed by atoms with E-state index in [-0.39, 0.29) is 12.5 Å². The Morgan fingerprint density at radius 2 is 1.71 bits per heavy atom. The highest BCUT2D eigenvalue weighted by atomic mass is 35.5. The van der Waals surface area contributed by atoms with E-state index >= 15 is 0 Å². The van der Waals surface area contributed by atoms with Gasteiger partial charge in [0.05, 0.1) is 12.8 Å². The molecule has 4 rings (SSSR count). The molecular formula is C28H25ClN2O4. The van der Waals surface area contributed by atoms with Crippen LogP contribution in [0.2, 0.25) is 5.02 Å². The molecule has 1 N–H and O–H groups in total. The van der Waals surface area contributed by atoms with Crippen molar-refractivity contribution < 1.29 is 19.0 Å². The van der Waals surface area contributed by atoms with Crippen LogP contribution in [-0.2, 0) is 11.4 Å². The molecule has 178 valence electrons. The molecule has 1 amide bonds. The van der Waals surface area contributed by atoms with E-state index in [0.29, 0.717) is 35.5 Å². The number of nitrogens with zero attached hydrogens (tertiary/aromatic N) is 1. The number of rotatable bonds is 10.